The lowest BCUT2D eigenvalue weighted by Gasteiger charge is -2.36. The van der Waals surface area contributed by atoms with Crippen LogP contribution < -0.4 is 31.5 Å². The Bertz CT molecular complexity index is 3110. The predicted molar refractivity (Wildman–Crippen MR) is 295 cm³/mol. The molecule has 3 atom stereocenters. The van der Waals surface area contributed by atoms with Crippen LogP contribution in [0.1, 0.15) is 79.2 Å². The van der Waals surface area contributed by atoms with Gasteiger partial charge in [0.05, 0.1) is 39.8 Å². The number of carbonyl (C=O) groups is 5. The van der Waals surface area contributed by atoms with Gasteiger partial charge in [-0.1, -0.05) is 51.1 Å². The number of aryl methyl sites for hydroxylation is 1. The summed E-state index contributed by atoms with van der Waals surface area (Å²) in [4.78, 5) is 79.3. The van der Waals surface area contributed by atoms with Crippen molar-refractivity contribution in [1.82, 2.24) is 40.9 Å². The Labute approximate surface area is 455 Å². The number of benzene rings is 4. The average molecular weight is 1090 g/mol. The molecule has 3 saturated heterocycles. The number of aromatic nitrogens is 3. The number of aliphatic hydroxyl groups is 1. The van der Waals surface area contributed by atoms with E-state index in [1.54, 1.807) is 22.9 Å². The first kappa shape index (κ1) is 55.4. The number of thiazole rings is 1. The molecule has 0 spiro atoms. The second-order valence-corrected chi connectivity index (χ2v) is 22.3. The summed E-state index contributed by atoms with van der Waals surface area (Å²) < 4.78 is 33.5. The van der Waals surface area contributed by atoms with Crippen molar-refractivity contribution >= 4 is 69.0 Å². The highest BCUT2D eigenvalue weighted by Gasteiger charge is 2.44. The molecule has 21 heteroatoms. The number of hydrogen-bond acceptors (Lipinski definition) is 13. The highest BCUT2D eigenvalue weighted by molar-refractivity contribution is 7.13. The minimum Gasteiger partial charge on any atom is -0.391 e. The van der Waals surface area contributed by atoms with E-state index in [0.717, 1.165) is 51.9 Å². The lowest BCUT2D eigenvalue weighted by Crippen LogP contribution is -2.58. The molecule has 412 valence electrons. The van der Waals surface area contributed by atoms with E-state index in [1.165, 1.54) is 17.0 Å². The summed E-state index contributed by atoms with van der Waals surface area (Å²) in [6.07, 6.45) is 0.913. The fourth-order valence-corrected chi connectivity index (χ4v) is 11.1. The van der Waals surface area contributed by atoms with Gasteiger partial charge in [0, 0.05) is 101 Å². The molecular weight excluding hydrogens is 1020 g/mol. The Hall–Kier alpha value is -7.33. The third-order valence-corrected chi connectivity index (χ3v) is 15.5. The fraction of sp³-hybridized carbons (Fsp3) is 0.421. The number of carbonyl (C=O) groups excluding carboxylic acids is 5. The quantitative estimate of drug-likeness (QED) is 0.0515. The molecule has 18 nitrogen and oxygen atoms in total. The Morgan fingerprint density at radius 1 is 0.872 bits per heavy atom. The first-order valence-corrected chi connectivity index (χ1v) is 27.3. The minimum atomic E-state index is -1.00. The van der Waals surface area contributed by atoms with E-state index >= 15 is 0 Å². The number of aromatic amines is 1. The number of fused-ring (bicyclic) bond motifs is 1. The molecule has 3 aliphatic heterocycles. The van der Waals surface area contributed by atoms with E-state index in [-0.39, 0.29) is 63.3 Å². The molecule has 3 fully saturated rings. The van der Waals surface area contributed by atoms with Gasteiger partial charge in [-0.25, -0.2) is 13.8 Å². The molecule has 5 amide bonds. The summed E-state index contributed by atoms with van der Waals surface area (Å²) >= 11 is 1.56. The molecule has 0 radical (unpaired) electrons. The van der Waals surface area contributed by atoms with Gasteiger partial charge in [0.1, 0.15) is 23.7 Å². The number of aliphatic hydroxyl groups excluding tert-OH is 1. The van der Waals surface area contributed by atoms with Gasteiger partial charge < -0.3 is 46.2 Å². The van der Waals surface area contributed by atoms with Crippen molar-refractivity contribution in [1.29, 1.82) is 0 Å². The average Bonchev–Trinajstić information content (AvgIpc) is 4.17. The summed E-state index contributed by atoms with van der Waals surface area (Å²) in [5, 5.41) is 33.9. The second-order valence-electron chi connectivity index (χ2n) is 21.4. The van der Waals surface area contributed by atoms with Crippen molar-refractivity contribution in [2.75, 3.05) is 74.6 Å². The number of ether oxygens (including phenoxy) is 1. The third kappa shape index (κ3) is 13.9. The van der Waals surface area contributed by atoms with Crippen molar-refractivity contribution in [3.63, 3.8) is 0 Å². The maximum Gasteiger partial charge on any atom is 0.258 e. The zero-order valence-electron chi connectivity index (χ0n) is 44.3. The number of likely N-dealkylation sites (tertiary alicyclic amines) is 1. The molecule has 4 aromatic carbocycles. The molecule has 0 bridgehead atoms. The van der Waals surface area contributed by atoms with Crippen LogP contribution in [-0.2, 0) is 36.9 Å². The molecule has 78 heavy (non-hydrogen) atoms. The molecule has 0 unspecified atom stereocenters. The lowest BCUT2D eigenvalue weighted by molar-refractivity contribution is -0.144. The zero-order valence-corrected chi connectivity index (χ0v) is 45.1. The highest BCUT2D eigenvalue weighted by Crippen LogP contribution is 2.32. The van der Waals surface area contributed by atoms with Crippen LogP contribution >= 0.6 is 11.3 Å². The van der Waals surface area contributed by atoms with Crippen LogP contribution in [0.3, 0.4) is 0 Å². The van der Waals surface area contributed by atoms with E-state index in [0.29, 0.717) is 72.9 Å². The van der Waals surface area contributed by atoms with Gasteiger partial charge in [-0.3, -0.25) is 34.0 Å². The largest absolute Gasteiger partial charge is 0.391 e. The number of nitrogens with zero attached hydrogens (tertiary/aromatic N) is 5. The Morgan fingerprint density at radius 3 is 2.31 bits per heavy atom. The maximum atomic E-state index is 14.1. The Balaban J connectivity index is 0.750. The van der Waals surface area contributed by atoms with E-state index in [2.05, 4.69) is 46.7 Å². The summed E-state index contributed by atoms with van der Waals surface area (Å²) in [7, 11) is 0. The minimum absolute atomic E-state index is 0.0465. The summed E-state index contributed by atoms with van der Waals surface area (Å²) in [6.45, 7) is 11.4. The van der Waals surface area contributed by atoms with E-state index in [9.17, 15) is 37.9 Å². The first-order valence-electron chi connectivity index (χ1n) is 26.4. The van der Waals surface area contributed by atoms with Gasteiger partial charge in [0.2, 0.25) is 23.6 Å². The number of piperazine rings is 1. The highest BCUT2D eigenvalue weighted by atomic mass is 32.1. The van der Waals surface area contributed by atoms with Crippen molar-refractivity contribution in [3.05, 3.63) is 124 Å². The second kappa shape index (κ2) is 24.6. The predicted octanol–water partition coefficient (Wildman–Crippen LogP) is 6.14. The van der Waals surface area contributed by atoms with Crippen LogP contribution in [0.5, 0.6) is 0 Å². The van der Waals surface area contributed by atoms with Crippen LogP contribution in [0.25, 0.3) is 21.3 Å². The fourth-order valence-electron chi connectivity index (χ4n) is 10.3. The van der Waals surface area contributed by atoms with Crippen LogP contribution in [0.4, 0.5) is 26.0 Å². The molecule has 7 N–H and O–H groups in total. The molecule has 0 aliphatic carbocycles. The normalized spacial score (nSPS) is 17.7. The molecular formula is C57H67F2N11O7S. The number of amides is 5. The SMILES string of the molecule is Cc1ncsc1-c1ccc(CNC(=O)[C@@H]2C[C@@H](O)CN2C(=O)[C@@H](NC(=O)CCNC(=O)CN2CCN(c3ccc(C(=O)Nc4n[nH]c5ccc(Cc6cc(F)cc(F)c6)cc45)c(NC4CCOCC4)c3)CC2)C(C)(C)C)cc1. The Morgan fingerprint density at radius 2 is 1.60 bits per heavy atom. The first-order chi connectivity index (χ1) is 37.4. The van der Waals surface area contributed by atoms with Crippen molar-refractivity contribution in [2.45, 2.75) is 90.6 Å². The molecule has 2 aromatic heterocycles. The third-order valence-electron chi connectivity index (χ3n) is 14.5. The van der Waals surface area contributed by atoms with Crippen LogP contribution in [0.15, 0.2) is 84.4 Å². The van der Waals surface area contributed by atoms with Gasteiger partial charge >= 0.3 is 0 Å². The number of H-pyrrole nitrogens is 1. The lowest BCUT2D eigenvalue weighted by atomic mass is 9.85. The zero-order chi connectivity index (χ0) is 55.1. The molecule has 6 aromatic rings. The number of rotatable bonds is 18. The van der Waals surface area contributed by atoms with Gasteiger partial charge in [-0.2, -0.15) is 5.10 Å². The topological polar surface area (TPSA) is 226 Å². The smallest absolute Gasteiger partial charge is 0.258 e. The van der Waals surface area contributed by atoms with E-state index in [4.69, 9.17) is 4.74 Å². The summed E-state index contributed by atoms with van der Waals surface area (Å²) in [5.41, 5.74) is 7.87. The molecule has 9 rings (SSSR count). The molecule has 3 aliphatic rings. The van der Waals surface area contributed by atoms with Crippen LogP contribution in [0, 0.1) is 24.0 Å². The van der Waals surface area contributed by atoms with Crippen molar-refractivity contribution in [2.24, 2.45) is 5.41 Å². The molecule has 5 heterocycles. The van der Waals surface area contributed by atoms with Gasteiger partial charge in [-0.15, -0.1) is 11.3 Å². The summed E-state index contributed by atoms with van der Waals surface area (Å²) in [5.74, 6) is -2.89. The van der Waals surface area contributed by atoms with Gasteiger partial charge in [0.25, 0.3) is 5.91 Å². The number of halogens is 2. The summed E-state index contributed by atoms with van der Waals surface area (Å²) in [6, 6.07) is 20.6. The van der Waals surface area contributed by atoms with Crippen LogP contribution in [-0.4, -0.2) is 143 Å². The molecule has 0 saturated carbocycles. The number of hydrogen-bond donors (Lipinski definition) is 7. The number of anilines is 3. The van der Waals surface area contributed by atoms with E-state index < -0.39 is 53.0 Å². The van der Waals surface area contributed by atoms with Gasteiger partial charge in [0.15, 0.2) is 5.82 Å². The number of β-amino-alcohol motifs (C(OH)–C–C–N with tert-alkyl or cyclic N) is 1. The van der Waals surface area contributed by atoms with Gasteiger partial charge in [-0.05, 0) is 96.3 Å². The maximum absolute atomic E-state index is 14.1. The monoisotopic (exact) mass is 1090 g/mol. The van der Waals surface area contributed by atoms with Crippen molar-refractivity contribution < 1.29 is 42.6 Å². The standard InChI is InChI=1S/C57H67F2N11O7S/c1-34-51(78-33-62-34)38-8-5-35(6-9-38)30-61-55(75)48-29-43(71)31-70(48)56(76)52(57(2,3)4)64-49(72)13-16-60-50(73)32-68-17-19-69(20-18-68)42-10-11-44(47(28-42)63-41-14-21-77-22-15-41)54(74)65-53-45-26-36(7-12-46(45)66-67-53)23-37-24-39(58)27-40(59)25-37/h5-12,24-28,33,41,43,48,52,63,71H,13-23,29-32H2,1-4H3,(H,60,73)(H,61,75)(H,64,72)(H2,65,66,67,74)/t43-,48+,52-/m1/s1. The van der Waals surface area contributed by atoms with Crippen molar-refractivity contribution in [3.8, 4) is 10.4 Å². The van der Waals surface area contributed by atoms with Crippen LogP contribution in [0.2, 0.25) is 0 Å². The Kier molecular flexibility index (Phi) is 17.4. The number of nitrogens with one attached hydrogen (secondary N) is 6. The van der Waals surface area contributed by atoms with E-state index in [1.807, 2.05) is 87.2 Å².